The average Bonchev–Trinajstić information content (AvgIpc) is 2.95. The van der Waals surface area contributed by atoms with Crippen LogP contribution in [0.25, 0.3) is 0 Å². The summed E-state index contributed by atoms with van der Waals surface area (Å²) in [6.45, 7) is 4.44. The van der Waals surface area contributed by atoms with E-state index in [4.69, 9.17) is 0 Å². The molecule has 1 atom stereocenters. The highest BCUT2D eigenvalue weighted by atomic mass is 16.3. The fourth-order valence-corrected chi connectivity index (χ4v) is 3.03. The molecule has 17 heavy (non-hydrogen) atoms. The monoisotopic (exact) mass is 241 g/mol. The molecule has 0 aliphatic heterocycles. The molecule has 0 bridgehead atoms. The third-order valence-corrected chi connectivity index (χ3v) is 3.91. The van der Waals surface area contributed by atoms with Crippen LogP contribution in [-0.2, 0) is 4.79 Å². The zero-order valence-electron chi connectivity index (χ0n) is 10.9. The summed E-state index contributed by atoms with van der Waals surface area (Å²) in [6.07, 6.45) is 2.72. The Hall–Kier alpha value is -0.610. The van der Waals surface area contributed by atoms with Crippen LogP contribution in [0.15, 0.2) is 0 Å². The molecule has 0 spiro atoms. The van der Waals surface area contributed by atoms with Gasteiger partial charge in [0.1, 0.15) is 5.60 Å². The van der Waals surface area contributed by atoms with Gasteiger partial charge in [0.05, 0.1) is 6.10 Å². The van der Waals surface area contributed by atoms with Crippen LogP contribution in [0.5, 0.6) is 0 Å². The Balaban J connectivity index is 1.86. The summed E-state index contributed by atoms with van der Waals surface area (Å²) in [6, 6.07) is 0. The van der Waals surface area contributed by atoms with Crippen molar-refractivity contribution in [1.29, 1.82) is 0 Å². The smallest absolute Gasteiger partial charge is 0.254 e. The number of amides is 1. The van der Waals surface area contributed by atoms with Crippen molar-refractivity contribution in [2.24, 2.45) is 11.3 Å². The van der Waals surface area contributed by atoms with Crippen LogP contribution in [0.1, 0.15) is 39.5 Å². The normalized spacial score (nSPS) is 27.1. The topological polar surface area (TPSA) is 60.8 Å². The minimum Gasteiger partial charge on any atom is -0.391 e. The molecule has 2 rings (SSSR count). The van der Waals surface area contributed by atoms with Gasteiger partial charge in [-0.3, -0.25) is 4.79 Å². The van der Waals surface area contributed by atoms with E-state index in [1.54, 1.807) is 7.05 Å². The molecule has 0 radical (unpaired) electrons. The van der Waals surface area contributed by atoms with E-state index in [9.17, 15) is 15.0 Å². The second-order valence-corrected chi connectivity index (χ2v) is 6.64. The van der Waals surface area contributed by atoms with Gasteiger partial charge in [0.2, 0.25) is 0 Å². The number of hydrogen-bond acceptors (Lipinski definition) is 3. The third kappa shape index (κ3) is 2.63. The molecule has 4 heteroatoms. The highest BCUT2D eigenvalue weighted by Gasteiger charge is 2.54. The molecule has 2 saturated carbocycles. The zero-order chi connectivity index (χ0) is 12.8. The molecular weight excluding hydrogens is 218 g/mol. The summed E-state index contributed by atoms with van der Waals surface area (Å²) in [5.74, 6) is 0.120. The Morgan fingerprint density at radius 2 is 1.94 bits per heavy atom. The van der Waals surface area contributed by atoms with Crippen molar-refractivity contribution in [3.05, 3.63) is 0 Å². The van der Waals surface area contributed by atoms with E-state index in [2.05, 4.69) is 0 Å². The standard InChI is InChI=1S/C13H23NO3/c1-12(2)7-13(17,8-12)11(16)14(3)6-10(15)9-4-5-9/h9-10,15,17H,4-8H2,1-3H3. The van der Waals surface area contributed by atoms with E-state index in [1.807, 2.05) is 13.8 Å². The average molecular weight is 241 g/mol. The maximum Gasteiger partial charge on any atom is 0.254 e. The molecule has 4 nitrogen and oxygen atoms in total. The fourth-order valence-electron chi connectivity index (χ4n) is 3.03. The van der Waals surface area contributed by atoms with E-state index in [0.29, 0.717) is 25.3 Å². The number of rotatable bonds is 4. The van der Waals surface area contributed by atoms with Crippen LogP contribution >= 0.6 is 0 Å². The molecule has 1 unspecified atom stereocenters. The first-order valence-electron chi connectivity index (χ1n) is 6.40. The predicted octanol–water partition coefficient (Wildman–Crippen LogP) is 0.767. The van der Waals surface area contributed by atoms with Crippen molar-refractivity contribution in [3.63, 3.8) is 0 Å². The maximum atomic E-state index is 12.1. The molecule has 0 saturated heterocycles. The van der Waals surface area contributed by atoms with E-state index >= 15 is 0 Å². The van der Waals surface area contributed by atoms with Gasteiger partial charge in [-0.25, -0.2) is 0 Å². The lowest BCUT2D eigenvalue weighted by Gasteiger charge is -2.49. The van der Waals surface area contributed by atoms with Crippen LogP contribution in [0.4, 0.5) is 0 Å². The minimum atomic E-state index is -1.19. The van der Waals surface area contributed by atoms with Crippen LogP contribution in [0, 0.1) is 11.3 Å². The van der Waals surface area contributed by atoms with Gasteiger partial charge in [0.25, 0.3) is 5.91 Å². The molecular formula is C13H23NO3. The summed E-state index contributed by atoms with van der Waals surface area (Å²) in [5, 5.41) is 20.0. The van der Waals surface area contributed by atoms with Gasteiger partial charge in [-0.15, -0.1) is 0 Å². The van der Waals surface area contributed by atoms with Crippen LogP contribution < -0.4 is 0 Å². The highest BCUT2D eigenvalue weighted by molar-refractivity contribution is 5.86. The van der Waals surface area contributed by atoms with Gasteiger partial charge in [-0.1, -0.05) is 13.8 Å². The van der Waals surface area contributed by atoms with Crippen molar-refractivity contribution in [2.75, 3.05) is 13.6 Å². The van der Waals surface area contributed by atoms with Crippen LogP contribution in [-0.4, -0.2) is 46.3 Å². The Bertz CT molecular complexity index is 315. The second kappa shape index (κ2) is 3.95. The lowest BCUT2D eigenvalue weighted by atomic mass is 9.61. The van der Waals surface area contributed by atoms with Crippen molar-refractivity contribution in [1.82, 2.24) is 4.90 Å². The lowest BCUT2D eigenvalue weighted by Crippen LogP contribution is -2.59. The van der Waals surface area contributed by atoms with Gasteiger partial charge in [0, 0.05) is 13.6 Å². The summed E-state index contributed by atoms with van der Waals surface area (Å²) in [7, 11) is 1.66. The van der Waals surface area contributed by atoms with Crippen molar-refractivity contribution in [2.45, 2.75) is 51.2 Å². The SMILES string of the molecule is CN(CC(O)C1CC1)C(=O)C1(O)CC(C)(C)C1. The number of carbonyl (C=O) groups excluding carboxylic acids is 1. The van der Waals surface area contributed by atoms with E-state index in [-0.39, 0.29) is 11.3 Å². The Morgan fingerprint density at radius 3 is 2.35 bits per heavy atom. The van der Waals surface area contributed by atoms with Gasteiger partial charge in [0.15, 0.2) is 0 Å². The predicted molar refractivity (Wildman–Crippen MR) is 64.3 cm³/mol. The Kier molecular flexibility index (Phi) is 2.99. The molecule has 2 aliphatic rings. The molecule has 0 aromatic carbocycles. The summed E-state index contributed by atoms with van der Waals surface area (Å²) >= 11 is 0. The number of carbonyl (C=O) groups is 1. The maximum absolute atomic E-state index is 12.1. The van der Waals surface area contributed by atoms with Gasteiger partial charge in [-0.2, -0.15) is 0 Å². The van der Waals surface area contributed by atoms with Gasteiger partial charge >= 0.3 is 0 Å². The number of hydrogen-bond donors (Lipinski definition) is 2. The summed E-state index contributed by atoms with van der Waals surface area (Å²) in [4.78, 5) is 13.6. The molecule has 2 N–H and O–H groups in total. The fraction of sp³-hybridized carbons (Fsp3) is 0.923. The van der Waals surface area contributed by atoms with Crippen molar-refractivity contribution in [3.8, 4) is 0 Å². The van der Waals surface area contributed by atoms with E-state index in [1.165, 1.54) is 4.90 Å². The quantitative estimate of drug-likeness (QED) is 0.764. The lowest BCUT2D eigenvalue weighted by molar-refractivity contribution is -0.175. The summed E-state index contributed by atoms with van der Waals surface area (Å²) < 4.78 is 0. The first-order chi connectivity index (χ1) is 7.73. The molecule has 2 aliphatic carbocycles. The highest BCUT2D eigenvalue weighted by Crippen LogP contribution is 2.48. The van der Waals surface area contributed by atoms with E-state index in [0.717, 1.165) is 12.8 Å². The number of likely N-dealkylation sites (N-methyl/N-ethyl adjacent to an activating group) is 1. The molecule has 0 aromatic rings. The van der Waals surface area contributed by atoms with Crippen LogP contribution in [0.2, 0.25) is 0 Å². The van der Waals surface area contributed by atoms with Crippen molar-refractivity contribution >= 4 is 5.91 Å². The molecule has 0 aromatic heterocycles. The first kappa shape index (κ1) is 12.8. The third-order valence-electron chi connectivity index (χ3n) is 3.91. The summed E-state index contributed by atoms with van der Waals surface area (Å²) in [5.41, 5.74) is -1.14. The largest absolute Gasteiger partial charge is 0.391 e. The molecule has 0 heterocycles. The molecule has 1 amide bonds. The Morgan fingerprint density at radius 1 is 1.41 bits per heavy atom. The number of aliphatic hydroxyl groups excluding tert-OH is 1. The Labute approximate surface area is 103 Å². The van der Waals surface area contributed by atoms with Gasteiger partial charge < -0.3 is 15.1 Å². The number of aliphatic hydroxyl groups is 2. The van der Waals surface area contributed by atoms with Gasteiger partial charge in [-0.05, 0) is 37.0 Å². The van der Waals surface area contributed by atoms with Crippen molar-refractivity contribution < 1.29 is 15.0 Å². The van der Waals surface area contributed by atoms with E-state index < -0.39 is 11.7 Å². The number of nitrogens with zero attached hydrogens (tertiary/aromatic N) is 1. The molecule has 2 fully saturated rings. The van der Waals surface area contributed by atoms with Crippen LogP contribution in [0.3, 0.4) is 0 Å². The zero-order valence-corrected chi connectivity index (χ0v) is 10.9. The minimum absolute atomic E-state index is 0.0559. The molecule has 98 valence electrons. The first-order valence-corrected chi connectivity index (χ1v) is 6.40. The second-order valence-electron chi connectivity index (χ2n) is 6.64.